The molecule has 0 saturated heterocycles. The second-order valence-electron chi connectivity index (χ2n) is 4.79. The predicted molar refractivity (Wildman–Crippen MR) is 71.8 cm³/mol. The molecule has 1 atom stereocenters. The molecule has 100 valence electrons. The van der Waals surface area contributed by atoms with Crippen molar-refractivity contribution in [1.29, 1.82) is 0 Å². The molecule has 1 unspecified atom stereocenters. The maximum Gasteiger partial charge on any atom is 0.167 e. The molecule has 4 N–H and O–H groups in total. The quantitative estimate of drug-likeness (QED) is 0.711. The fourth-order valence-corrected chi connectivity index (χ4v) is 2.34. The summed E-state index contributed by atoms with van der Waals surface area (Å²) in [7, 11) is 0. The summed E-state index contributed by atoms with van der Waals surface area (Å²) in [6.45, 7) is 2.89. The first-order valence-electron chi connectivity index (χ1n) is 6.32. The van der Waals surface area contributed by atoms with E-state index < -0.39 is 5.82 Å². The largest absolute Gasteiger partial charge is 0.454 e. The summed E-state index contributed by atoms with van der Waals surface area (Å²) in [6, 6.07) is 4.60. The summed E-state index contributed by atoms with van der Waals surface area (Å²) in [4.78, 5) is 0. The molecule has 3 rings (SSSR count). The summed E-state index contributed by atoms with van der Waals surface area (Å²) in [5, 5.41) is 6.58. The van der Waals surface area contributed by atoms with Crippen molar-refractivity contribution in [3.8, 4) is 5.75 Å². The van der Waals surface area contributed by atoms with Crippen LogP contribution in [0.2, 0.25) is 0 Å². The van der Waals surface area contributed by atoms with Crippen LogP contribution in [0.4, 0.5) is 10.1 Å². The first-order chi connectivity index (χ1) is 9.13. The predicted octanol–water partition coefficient (Wildman–Crippen LogP) is 1.87. The van der Waals surface area contributed by atoms with Crippen molar-refractivity contribution in [1.82, 2.24) is 10.6 Å². The van der Waals surface area contributed by atoms with E-state index in [2.05, 4.69) is 10.6 Å². The van der Waals surface area contributed by atoms with E-state index in [0.29, 0.717) is 5.69 Å². The lowest BCUT2D eigenvalue weighted by molar-refractivity contribution is 0.394. The van der Waals surface area contributed by atoms with Crippen LogP contribution in [0.15, 0.2) is 41.4 Å². The molecule has 1 aromatic rings. The van der Waals surface area contributed by atoms with Crippen LogP contribution >= 0.6 is 0 Å². The minimum atomic E-state index is -0.444. The molecule has 0 radical (unpaired) electrons. The molecular formula is C14H16FN3O. The highest BCUT2D eigenvalue weighted by atomic mass is 19.1. The van der Waals surface area contributed by atoms with Crippen LogP contribution in [-0.4, -0.2) is 12.6 Å². The number of halogens is 1. The van der Waals surface area contributed by atoms with Gasteiger partial charge >= 0.3 is 0 Å². The van der Waals surface area contributed by atoms with E-state index in [-0.39, 0.29) is 11.8 Å². The number of nitrogens with two attached hydrogens (primary N) is 1. The van der Waals surface area contributed by atoms with Gasteiger partial charge in [-0.1, -0.05) is 0 Å². The Kier molecular flexibility index (Phi) is 2.81. The lowest BCUT2D eigenvalue weighted by atomic mass is 10.1. The molecule has 0 amide bonds. The van der Waals surface area contributed by atoms with Crippen LogP contribution < -0.4 is 21.1 Å². The summed E-state index contributed by atoms with van der Waals surface area (Å²) >= 11 is 0. The third-order valence-corrected chi connectivity index (χ3v) is 3.23. The topological polar surface area (TPSA) is 59.3 Å². The molecule has 1 aromatic carbocycles. The minimum Gasteiger partial charge on any atom is -0.454 e. The molecule has 2 aliphatic heterocycles. The van der Waals surface area contributed by atoms with E-state index in [0.717, 1.165) is 30.1 Å². The number of nitrogens with one attached hydrogen (secondary N) is 2. The SMILES string of the molecule is CC1C=C(Oc2ccc(N)cc2F)C2=C(NCC2)N1. The zero-order chi connectivity index (χ0) is 13.4. The number of allylic oxidation sites excluding steroid dienone is 1. The average molecular weight is 261 g/mol. The van der Waals surface area contributed by atoms with Crippen molar-refractivity contribution in [2.75, 3.05) is 12.3 Å². The second-order valence-corrected chi connectivity index (χ2v) is 4.79. The number of anilines is 1. The van der Waals surface area contributed by atoms with Gasteiger partial charge in [0.05, 0.1) is 0 Å². The standard InChI is InChI=1S/C14H16FN3O/c1-8-6-13(10-4-5-17-14(10)18-8)19-12-3-2-9(16)7-11(12)15/h2-3,6-8,17-18H,4-5,16H2,1H3. The summed E-state index contributed by atoms with van der Waals surface area (Å²) in [6.07, 6.45) is 2.83. The van der Waals surface area contributed by atoms with Crippen molar-refractivity contribution >= 4 is 5.69 Å². The maximum atomic E-state index is 13.8. The van der Waals surface area contributed by atoms with Gasteiger partial charge in [0.15, 0.2) is 11.6 Å². The number of rotatable bonds is 2. The van der Waals surface area contributed by atoms with Crippen LogP contribution in [0, 0.1) is 5.82 Å². The molecule has 0 aliphatic carbocycles. The van der Waals surface area contributed by atoms with Gasteiger partial charge in [-0.25, -0.2) is 4.39 Å². The molecule has 0 aromatic heterocycles. The van der Waals surface area contributed by atoms with Gasteiger partial charge in [-0.3, -0.25) is 0 Å². The number of nitrogen functional groups attached to an aromatic ring is 1. The molecule has 4 nitrogen and oxygen atoms in total. The van der Waals surface area contributed by atoms with Crippen LogP contribution in [0.25, 0.3) is 0 Å². The lowest BCUT2D eigenvalue weighted by Crippen LogP contribution is -2.33. The van der Waals surface area contributed by atoms with Gasteiger partial charge in [-0.2, -0.15) is 0 Å². The number of dihydropyridines is 1. The van der Waals surface area contributed by atoms with Gasteiger partial charge in [0, 0.05) is 29.9 Å². The molecule has 0 bridgehead atoms. The molecule has 0 spiro atoms. The third-order valence-electron chi connectivity index (χ3n) is 3.23. The Hall–Kier alpha value is -2.17. The van der Waals surface area contributed by atoms with Crippen molar-refractivity contribution in [3.63, 3.8) is 0 Å². The van der Waals surface area contributed by atoms with Crippen molar-refractivity contribution < 1.29 is 9.13 Å². The van der Waals surface area contributed by atoms with Crippen molar-refractivity contribution in [2.45, 2.75) is 19.4 Å². The van der Waals surface area contributed by atoms with Gasteiger partial charge in [0.25, 0.3) is 0 Å². The van der Waals surface area contributed by atoms with E-state index in [1.165, 1.54) is 6.07 Å². The normalized spacial score (nSPS) is 21.4. The van der Waals surface area contributed by atoms with E-state index in [1.807, 2.05) is 13.0 Å². The Bertz CT molecular complexity index is 580. The molecular weight excluding hydrogens is 245 g/mol. The van der Waals surface area contributed by atoms with Gasteiger partial charge in [0.1, 0.15) is 11.6 Å². The number of benzene rings is 1. The molecule has 19 heavy (non-hydrogen) atoms. The van der Waals surface area contributed by atoms with Crippen molar-refractivity contribution in [2.24, 2.45) is 0 Å². The Balaban J connectivity index is 1.89. The minimum absolute atomic E-state index is 0.149. The van der Waals surface area contributed by atoms with Crippen LogP contribution in [0.1, 0.15) is 13.3 Å². The van der Waals surface area contributed by atoms with E-state index in [9.17, 15) is 4.39 Å². The summed E-state index contributed by atoms with van der Waals surface area (Å²) in [5.41, 5.74) is 6.98. The van der Waals surface area contributed by atoms with Gasteiger partial charge in [-0.05, 0) is 31.6 Å². The summed E-state index contributed by atoms with van der Waals surface area (Å²) < 4.78 is 19.5. The zero-order valence-corrected chi connectivity index (χ0v) is 10.7. The number of hydrogen-bond donors (Lipinski definition) is 3. The van der Waals surface area contributed by atoms with Crippen LogP contribution in [0.3, 0.4) is 0 Å². The third kappa shape index (κ3) is 2.23. The van der Waals surface area contributed by atoms with Crippen LogP contribution in [-0.2, 0) is 0 Å². The Morgan fingerprint density at radius 2 is 2.26 bits per heavy atom. The van der Waals surface area contributed by atoms with E-state index in [4.69, 9.17) is 10.5 Å². The Morgan fingerprint density at radius 3 is 3.05 bits per heavy atom. The highest BCUT2D eigenvalue weighted by Gasteiger charge is 2.25. The van der Waals surface area contributed by atoms with Gasteiger partial charge in [-0.15, -0.1) is 0 Å². The Morgan fingerprint density at radius 1 is 1.42 bits per heavy atom. The highest BCUT2D eigenvalue weighted by molar-refractivity contribution is 5.45. The molecule has 5 heteroatoms. The van der Waals surface area contributed by atoms with Crippen LogP contribution in [0.5, 0.6) is 5.75 Å². The van der Waals surface area contributed by atoms with E-state index >= 15 is 0 Å². The molecule has 2 heterocycles. The first-order valence-corrected chi connectivity index (χ1v) is 6.32. The van der Waals surface area contributed by atoms with Gasteiger partial charge in [0.2, 0.25) is 0 Å². The van der Waals surface area contributed by atoms with Gasteiger partial charge < -0.3 is 21.1 Å². The second kappa shape index (κ2) is 4.50. The summed E-state index contributed by atoms with van der Waals surface area (Å²) in [5.74, 6) is 1.46. The molecule has 0 saturated carbocycles. The first kappa shape index (κ1) is 11.9. The van der Waals surface area contributed by atoms with Crippen molar-refractivity contribution in [3.05, 3.63) is 47.2 Å². The zero-order valence-electron chi connectivity index (χ0n) is 10.7. The fourth-order valence-electron chi connectivity index (χ4n) is 2.34. The number of ether oxygens (including phenoxy) is 1. The molecule has 0 fully saturated rings. The maximum absolute atomic E-state index is 13.8. The average Bonchev–Trinajstić information content (AvgIpc) is 2.80. The highest BCUT2D eigenvalue weighted by Crippen LogP contribution is 2.29. The molecule has 2 aliphatic rings. The smallest absolute Gasteiger partial charge is 0.167 e. The van der Waals surface area contributed by atoms with E-state index in [1.54, 1.807) is 12.1 Å². The number of hydrogen-bond acceptors (Lipinski definition) is 4. The lowest BCUT2D eigenvalue weighted by Gasteiger charge is -2.23. The Labute approximate surface area is 111 Å². The fraction of sp³-hybridized carbons (Fsp3) is 0.286. The monoisotopic (exact) mass is 261 g/mol.